The van der Waals surface area contributed by atoms with Crippen molar-refractivity contribution in [3.05, 3.63) is 60.8 Å². The van der Waals surface area contributed by atoms with E-state index >= 15 is 0 Å². The number of nitrogens with one attached hydrogen (secondary N) is 1. The van der Waals surface area contributed by atoms with E-state index in [4.69, 9.17) is 9.05 Å². The Balaban J connectivity index is 4.06. The van der Waals surface area contributed by atoms with Crippen LogP contribution in [-0.4, -0.2) is 68.5 Å². The molecular formula is C68H129N2O6P. The van der Waals surface area contributed by atoms with Gasteiger partial charge in [0, 0.05) is 6.42 Å². The lowest BCUT2D eigenvalue weighted by atomic mass is 10.0. The maximum Gasteiger partial charge on any atom is 0.268 e. The number of unbranched alkanes of at least 4 members (excludes halogenated alkanes) is 38. The summed E-state index contributed by atoms with van der Waals surface area (Å²) in [5, 5.41) is 14.1. The van der Waals surface area contributed by atoms with Crippen molar-refractivity contribution in [3.8, 4) is 0 Å². The Labute approximate surface area is 479 Å². The van der Waals surface area contributed by atoms with Gasteiger partial charge in [-0.25, -0.2) is 0 Å². The Bertz CT molecular complexity index is 1440. The molecule has 0 aromatic rings. The lowest BCUT2D eigenvalue weighted by Gasteiger charge is -2.30. The highest BCUT2D eigenvalue weighted by Gasteiger charge is 2.24. The Kier molecular flexibility index (Phi) is 57.5. The maximum absolute atomic E-state index is 13.0. The topological polar surface area (TPSA) is 108 Å². The van der Waals surface area contributed by atoms with E-state index in [9.17, 15) is 19.4 Å². The van der Waals surface area contributed by atoms with Crippen LogP contribution in [0.4, 0.5) is 0 Å². The van der Waals surface area contributed by atoms with Gasteiger partial charge >= 0.3 is 0 Å². The lowest BCUT2D eigenvalue weighted by Crippen LogP contribution is -2.46. The smallest absolute Gasteiger partial charge is 0.268 e. The third-order valence-electron chi connectivity index (χ3n) is 15.0. The second-order valence-electron chi connectivity index (χ2n) is 23.8. The summed E-state index contributed by atoms with van der Waals surface area (Å²) < 4.78 is 23.5. The molecule has 1 amide bonds. The van der Waals surface area contributed by atoms with Crippen LogP contribution < -0.4 is 10.2 Å². The van der Waals surface area contributed by atoms with E-state index in [1.54, 1.807) is 0 Å². The first kappa shape index (κ1) is 75.2. The number of carbonyl (C=O) groups excluding carboxylic acids is 1. The van der Waals surface area contributed by atoms with E-state index in [0.29, 0.717) is 23.9 Å². The van der Waals surface area contributed by atoms with Gasteiger partial charge in [0.25, 0.3) is 7.82 Å². The zero-order valence-corrected chi connectivity index (χ0v) is 52.6. The number of rotatable bonds is 61. The van der Waals surface area contributed by atoms with Crippen LogP contribution in [0.5, 0.6) is 0 Å². The van der Waals surface area contributed by atoms with Crippen molar-refractivity contribution in [1.29, 1.82) is 0 Å². The molecule has 0 rings (SSSR count). The number of hydrogen-bond donors (Lipinski definition) is 2. The second kappa shape index (κ2) is 58.8. The van der Waals surface area contributed by atoms with Crippen LogP contribution in [0.25, 0.3) is 0 Å². The average molecular weight is 1100 g/mol. The van der Waals surface area contributed by atoms with E-state index in [2.05, 4.69) is 79.9 Å². The monoisotopic (exact) mass is 1100 g/mol. The van der Waals surface area contributed by atoms with E-state index in [0.717, 1.165) is 70.6 Å². The number of amides is 1. The Morgan fingerprint density at radius 1 is 0.468 bits per heavy atom. The van der Waals surface area contributed by atoms with Crippen LogP contribution in [0.2, 0.25) is 0 Å². The standard InChI is InChI=1S/C68H129N2O6P/c1-6-8-10-12-14-16-18-20-22-24-26-28-30-32-33-34-35-36-37-38-40-42-44-46-48-50-52-54-56-58-60-62-68(72)69-66(65-76-77(73,74)75-64-63-70(3,4)5)67(71)61-59-57-55-53-51-49-47-45-43-41-39-31-29-27-25-23-21-19-17-15-13-11-9-7-2/h8,10,14,16,20,22,26,28,32-33,66-67,71H,6-7,9,11-13,15,17-19,21,23-25,27,29-31,34-65H2,1-5H3,(H-,69,72,73,74)/b10-8-,16-14-,22-20-,28-26-,33-32-. The average Bonchev–Trinajstić information content (AvgIpc) is 3.39. The van der Waals surface area contributed by atoms with E-state index in [1.165, 1.54) is 218 Å². The largest absolute Gasteiger partial charge is 0.756 e. The predicted octanol–water partition coefficient (Wildman–Crippen LogP) is 20.2. The fourth-order valence-electron chi connectivity index (χ4n) is 9.89. The summed E-state index contributed by atoms with van der Waals surface area (Å²) in [6, 6.07) is -0.804. The van der Waals surface area contributed by atoms with Crippen LogP contribution in [0.15, 0.2) is 60.8 Å². The van der Waals surface area contributed by atoms with Crippen LogP contribution in [0, 0.1) is 0 Å². The summed E-state index contributed by atoms with van der Waals surface area (Å²) in [6.45, 7) is 4.65. The molecule has 0 saturated heterocycles. The number of aliphatic hydroxyl groups is 1. The summed E-state index contributed by atoms with van der Waals surface area (Å²) in [6.07, 6.45) is 79.9. The first-order valence-corrected chi connectivity index (χ1v) is 34.6. The van der Waals surface area contributed by atoms with Gasteiger partial charge in [-0.1, -0.05) is 312 Å². The van der Waals surface area contributed by atoms with Crippen molar-refractivity contribution in [1.82, 2.24) is 5.32 Å². The number of aliphatic hydroxyl groups excluding tert-OH is 1. The molecule has 9 heteroatoms. The molecule has 452 valence electrons. The molecule has 0 aliphatic rings. The highest BCUT2D eigenvalue weighted by Crippen LogP contribution is 2.38. The van der Waals surface area contributed by atoms with Gasteiger partial charge < -0.3 is 28.8 Å². The number of allylic oxidation sites excluding steroid dienone is 10. The van der Waals surface area contributed by atoms with Crippen molar-refractivity contribution >= 4 is 13.7 Å². The Morgan fingerprint density at radius 3 is 1.16 bits per heavy atom. The fraction of sp³-hybridized carbons (Fsp3) is 0.838. The van der Waals surface area contributed by atoms with Crippen LogP contribution in [0.1, 0.15) is 316 Å². The summed E-state index contributed by atoms with van der Waals surface area (Å²) in [5.41, 5.74) is 0. The van der Waals surface area contributed by atoms with E-state index < -0.39 is 20.0 Å². The molecule has 0 aliphatic heterocycles. The predicted molar refractivity (Wildman–Crippen MR) is 334 cm³/mol. The molecule has 0 aromatic heterocycles. The van der Waals surface area contributed by atoms with Gasteiger partial charge in [-0.3, -0.25) is 9.36 Å². The molecule has 0 heterocycles. The van der Waals surface area contributed by atoms with Gasteiger partial charge in [0.15, 0.2) is 0 Å². The van der Waals surface area contributed by atoms with Crippen molar-refractivity contribution in [2.45, 2.75) is 328 Å². The summed E-state index contributed by atoms with van der Waals surface area (Å²) in [5.74, 6) is -0.162. The first-order chi connectivity index (χ1) is 37.5. The van der Waals surface area contributed by atoms with E-state index in [-0.39, 0.29) is 19.1 Å². The second-order valence-corrected chi connectivity index (χ2v) is 25.2. The Hall–Kier alpha value is -1.80. The van der Waals surface area contributed by atoms with Crippen molar-refractivity contribution in [3.63, 3.8) is 0 Å². The third-order valence-corrected chi connectivity index (χ3v) is 16.0. The number of carbonyl (C=O) groups is 1. The van der Waals surface area contributed by atoms with Gasteiger partial charge in [0.1, 0.15) is 13.2 Å². The van der Waals surface area contributed by atoms with Crippen molar-refractivity contribution in [2.75, 3.05) is 40.9 Å². The fourth-order valence-corrected chi connectivity index (χ4v) is 10.6. The molecule has 2 N–H and O–H groups in total. The van der Waals surface area contributed by atoms with Gasteiger partial charge in [-0.15, -0.1) is 0 Å². The highest BCUT2D eigenvalue weighted by molar-refractivity contribution is 7.45. The highest BCUT2D eigenvalue weighted by atomic mass is 31.2. The molecule has 0 aromatic carbocycles. The minimum atomic E-state index is -4.58. The zero-order valence-electron chi connectivity index (χ0n) is 51.7. The number of phosphoric acid groups is 1. The van der Waals surface area contributed by atoms with Gasteiger partial charge in [-0.05, 0) is 57.8 Å². The molecule has 8 nitrogen and oxygen atoms in total. The quantitative estimate of drug-likeness (QED) is 0.0272. The molecule has 0 bridgehead atoms. The van der Waals surface area contributed by atoms with E-state index in [1.807, 2.05) is 21.1 Å². The van der Waals surface area contributed by atoms with Crippen LogP contribution >= 0.6 is 7.82 Å². The molecule has 0 fully saturated rings. The summed E-state index contributed by atoms with van der Waals surface area (Å²) >= 11 is 0. The molecule has 0 aliphatic carbocycles. The molecular weight excluding hydrogens is 972 g/mol. The number of phosphoric ester groups is 1. The maximum atomic E-state index is 13.0. The minimum absolute atomic E-state index is 0.0120. The molecule has 77 heavy (non-hydrogen) atoms. The molecule has 0 saturated carbocycles. The minimum Gasteiger partial charge on any atom is -0.756 e. The third kappa shape index (κ3) is 61.7. The number of quaternary nitrogens is 1. The number of hydrogen-bond acceptors (Lipinski definition) is 6. The number of nitrogens with zero attached hydrogens (tertiary/aromatic N) is 1. The van der Waals surface area contributed by atoms with Crippen LogP contribution in [-0.2, 0) is 18.4 Å². The zero-order chi connectivity index (χ0) is 56.3. The van der Waals surface area contributed by atoms with Gasteiger partial charge in [0.2, 0.25) is 5.91 Å². The molecule has 3 atom stereocenters. The van der Waals surface area contributed by atoms with Crippen molar-refractivity contribution in [2.24, 2.45) is 0 Å². The van der Waals surface area contributed by atoms with Crippen molar-refractivity contribution < 1.29 is 32.9 Å². The first-order valence-electron chi connectivity index (χ1n) is 33.1. The molecule has 0 radical (unpaired) electrons. The Morgan fingerprint density at radius 2 is 0.792 bits per heavy atom. The van der Waals surface area contributed by atoms with Gasteiger partial charge in [-0.2, -0.15) is 0 Å². The normalized spacial score (nSPS) is 14.1. The van der Waals surface area contributed by atoms with Crippen LogP contribution in [0.3, 0.4) is 0 Å². The summed E-state index contributed by atoms with van der Waals surface area (Å²) in [7, 11) is 1.31. The molecule has 3 unspecified atom stereocenters. The van der Waals surface area contributed by atoms with Gasteiger partial charge in [0.05, 0.1) is 39.9 Å². The SMILES string of the molecule is CC/C=C\C/C=C\C/C=C\C/C=C\C/C=C\CCCCCCCCCCCCCCCCCC(=O)NC(COP(=O)([O-])OCC[N+](C)(C)C)C(O)CCCCCCCCCCCCCCCCCCCCCCCCCC. The molecule has 0 spiro atoms. The number of likely N-dealkylation sites (N-methyl/N-ethyl adjacent to an activating group) is 1. The lowest BCUT2D eigenvalue weighted by molar-refractivity contribution is -0.870. The summed E-state index contributed by atoms with van der Waals surface area (Å²) in [4.78, 5) is 25.6.